The topological polar surface area (TPSA) is 37.3 Å². The molecular formula is C17H24O2. The van der Waals surface area contributed by atoms with Crippen molar-refractivity contribution in [2.75, 3.05) is 0 Å². The van der Waals surface area contributed by atoms with Gasteiger partial charge in [0.15, 0.2) is 0 Å². The standard InChI is InChI=1S/C17H24O2/c1-13(2)7-6-8-14(3)11-12-15-9-4-5-10-16(15)17(18)19/h4-5,7,9-10,14H,6,8,11-12H2,1-3H3,(H,18,19)/t14-/m1/s1. The molecule has 1 aromatic carbocycles. The summed E-state index contributed by atoms with van der Waals surface area (Å²) in [4.78, 5) is 11.1. The van der Waals surface area contributed by atoms with Crippen molar-refractivity contribution in [3.8, 4) is 0 Å². The Bertz CT molecular complexity index is 442. The highest BCUT2D eigenvalue weighted by molar-refractivity contribution is 5.89. The van der Waals surface area contributed by atoms with Gasteiger partial charge in [-0.1, -0.05) is 36.8 Å². The molecule has 0 saturated carbocycles. The van der Waals surface area contributed by atoms with Gasteiger partial charge < -0.3 is 5.11 Å². The van der Waals surface area contributed by atoms with Crippen LogP contribution in [0.3, 0.4) is 0 Å². The zero-order valence-corrected chi connectivity index (χ0v) is 12.1. The SMILES string of the molecule is CC(C)=CCC[C@@H](C)CCc1ccccc1C(=O)O. The van der Waals surface area contributed by atoms with Crippen LogP contribution in [0.1, 0.15) is 56.0 Å². The molecule has 0 aliphatic rings. The first kappa shape index (κ1) is 15.5. The molecule has 2 heteroatoms. The Balaban J connectivity index is 2.48. The summed E-state index contributed by atoms with van der Waals surface area (Å²) >= 11 is 0. The second kappa shape index (κ2) is 7.78. The first-order chi connectivity index (χ1) is 9.00. The van der Waals surface area contributed by atoms with Crippen LogP contribution < -0.4 is 0 Å². The van der Waals surface area contributed by atoms with E-state index in [9.17, 15) is 4.79 Å². The van der Waals surface area contributed by atoms with Crippen LogP contribution >= 0.6 is 0 Å². The number of rotatable bonds is 7. The zero-order chi connectivity index (χ0) is 14.3. The second-order valence-corrected chi connectivity index (χ2v) is 5.46. The Labute approximate surface area is 116 Å². The summed E-state index contributed by atoms with van der Waals surface area (Å²) in [5.41, 5.74) is 2.76. The summed E-state index contributed by atoms with van der Waals surface area (Å²) in [5.74, 6) is -0.203. The summed E-state index contributed by atoms with van der Waals surface area (Å²) in [7, 11) is 0. The molecule has 0 aromatic heterocycles. The van der Waals surface area contributed by atoms with Gasteiger partial charge in [-0.05, 0) is 57.1 Å². The van der Waals surface area contributed by atoms with Gasteiger partial charge in [-0.3, -0.25) is 0 Å². The Morgan fingerprint density at radius 3 is 2.58 bits per heavy atom. The van der Waals surface area contributed by atoms with E-state index in [1.54, 1.807) is 12.1 Å². The smallest absolute Gasteiger partial charge is 0.335 e. The fourth-order valence-electron chi connectivity index (χ4n) is 2.15. The third-order valence-corrected chi connectivity index (χ3v) is 3.37. The molecule has 0 saturated heterocycles. The van der Waals surface area contributed by atoms with Gasteiger partial charge in [0.25, 0.3) is 0 Å². The Hall–Kier alpha value is -1.57. The van der Waals surface area contributed by atoms with Crippen molar-refractivity contribution in [1.82, 2.24) is 0 Å². The quantitative estimate of drug-likeness (QED) is 0.721. The van der Waals surface area contributed by atoms with E-state index in [0.29, 0.717) is 11.5 Å². The molecule has 0 aliphatic carbocycles. The van der Waals surface area contributed by atoms with E-state index in [2.05, 4.69) is 26.8 Å². The number of carboxylic acid groups (broad SMARTS) is 1. The highest BCUT2D eigenvalue weighted by atomic mass is 16.4. The Morgan fingerprint density at radius 1 is 1.26 bits per heavy atom. The van der Waals surface area contributed by atoms with E-state index in [-0.39, 0.29) is 0 Å². The van der Waals surface area contributed by atoms with Gasteiger partial charge in [-0.15, -0.1) is 0 Å². The highest BCUT2D eigenvalue weighted by Gasteiger charge is 2.10. The largest absolute Gasteiger partial charge is 0.478 e. The summed E-state index contributed by atoms with van der Waals surface area (Å²) in [6, 6.07) is 7.30. The molecule has 0 unspecified atom stereocenters. The van der Waals surface area contributed by atoms with Gasteiger partial charge in [0.1, 0.15) is 0 Å². The van der Waals surface area contributed by atoms with Gasteiger partial charge in [-0.2, -0.15) is 0 Å². The molecular weight excluding hydrogens is 236 g/mol. The summed E-state index contributed by atoms with van der Waals surface area (Å²) in [6.07, 6.45) is 6.44. The van der Waals surface area contributed by atoms with Gasteiger partial charge >= 0.3 is 5.97 Å². The van der Waals surface area contributed by atoms with E-state index in [4.69, 9.17) is 5.11 Å². The molecule has 0 bridgehead atoms. The lowest BCUT2D eigenvalue weighted by Gasteiger charge is -2.11. The summed E-state index contributed by atoms with van der Waals surface area (Å²) in [6.45, 7) is 6.48. The molecule has 0 radical (unpaired) electrons. The lowest BCUT2D eigenvalue weighted by atomic mass is 9.94. The molecule has 0 heterocycles. The minimum Gasteiger partial charge on any atom is -0.478 e. The van der Waals surface area contributed by atoms with Crippen LogP contribution in [-0.4, -0.2) is 11.1 Å². The lowest BCUT2D eigenvalue weighted by Crippen LogP contribution is -2.04. The van der Waals surface area contributed by atoms with Gasteiger partial charge in [0, 0.05) is 0 Å². The third-order valence-electron chi connectivity index (χ3n) is 3.37. The predicted octanol–water partition coefficient (Wildman–Crippen LogP) is 4.70. The number of allylic oxidation sites excluding steroid dienone is 2. The molecule has 0 amide bonds. The molecule has 1 atom stereocenters. The maximum absolute atomic E-state index is 11.1. The fourth-order valence-corrected chi connectivity index (χ4v) is 2.15. The molecule has 0 spiro atoms. The van der Waals surface area contributed by atoms with Crippen LogP contribution in [0.25, 0.3) is 0 Å². The molecule has 1 aromatic rings. The van der Waals surface area contributed by atoms with Crippen molar-refractivity contribution in [2.45, 2.75) is 46.5 Å². The van der Waals surface area contributed by atoms with Crippen molar-refractivity contribution in [3.63, 3.8) is 0 Å². The van der Waals surface area contributed by atoms with Crippen LogP contribution in [0.2, 0.25) is 0 Å². The van der Waals surface area contributed by atoms with Crippen LogP contribution in [0, 0.1) is 5.92 Å². The Kier molecular flexibility index (Phi) is 6.34. The first-order valence-electron chi connectivity index (χ1n) is 6.95. The highest BCUT2D eigenvalue weighted by Crippen LogP contribution is 2.18. The number of aryl methyl sites for hydroxylation is 1. The van der Waals surface area contributed by atoms with Gasteiger partial charge in [0.2, 0.25) is 0 Å². The molecule has 2 nitrogen and oxygen atoms in total. The first-order valence-corrected chi connectivity index (χ1v) is 6.95. The van der Waals surface area contributed by atoms with E-state index < -0.39 is 5.97 Å². The second-order valence-electron chi connectivity index (χ2n) is 5.46. The lowest BCUT2D eigenvalue weighted by molar-refractivity contribution is 0.0695. The average molecular weight is 260 g/mol. The molecule has 104 valence electrons. The minimum atomic E-state index is -0.826. The van der Waals surface area contributed by atoms with E-state index in [1.165, 1.54) is 12.0 Å². The maximum Gasteiger partial charge on any atom is 0.335 e. The molecule has 1 rings (SSSR count). The van der Waals surface area contributed by atoms with E-state index >= 15 is 0 Å². The number of hydrogen-bond acceptors (Lipinski definition) is 1. The van der Waals surface area contributed by atoms with Gasteiger partial charge in [-0.25, -0.2) is 4.79 Å². The van der Waals surface area contributed by atoms with Gasteiger partial charge in [0.05, 0.1) is 5.56 Å². The fraction of sp³-hybridized carbons (Fsp3) is 0.471. The number of hydrogen-bond donors (Lipinski definition) is 1. The van der Waals surface area contributed by atoms with E-state index in [1.807, 2.05) is 12.1 Å². The van der Waals surface area contributed by atoms with Crippen LogP contribution in [0.15, 0.2) is 35.9 Å². The van der Waals surface area contributed by atoms with E-state index in [0.717, 1.165) is 24.8 Å². The monoisotopic (exact) mass is 260 g/mol. The van der Waals surface area contributed by atoms with Crippen LogP contribution in [0.4, 0.5) is 0 Å². The average Bonchev–Trinajstić information content (AvgIpc) is 2.36. The summed E-state index contributed by atoms with van der Waals surface area (Å²) in [5, 5.41) is 9.13. The maximum atomic E-state index is 11.1. The van der Waals surface area contributed by atoms with Crippen molar-refractivity contribution in [3.05, 3.63) is 47.0 Å². The predicted molar refractivity (Wildman–Crippen MR) is 79.6 cm³/mol. The molecule has 1 N–H and O–H groups in total. The van der Waals surface area contributed by atoms with Crippen LogP contribution in [-0.2, 0) is 6.42 Å². The molecule has 19 heavy (non-hydrogen) atoms. The molecule has 0 aliphatic heterocycles. The number of aromatic carboxylic acids is 1. The molecule has 0 fully saturated rings. The third kappa shape index (κ3) is 5.73. The van der Waals surface area contributed by atoms with Crippen molar-refractivity contribution in [1.29, 1.82) is 0 Å². The summed E-state index contributed by atoms with van der Waals surface area (Å²) < 4.78 is 0. The number of carbonyl (C=O) groups is 1. The zero-order valence-electron chi connectivity index (χ0n) is 12.1. The van der Waals surface area contributed by atoms with Crippen LogP contribution in [0.5, 0.6) is 0 Å². The minimum absolute atomic E-state index is 0.444. The van der Waals surface area contributed by atoms with Crippen molar-refractivity contribution in [2.24, 2.45) is 5.92 Å². The van der Waals surface area contributed by atoms with Crippen molar-refractivity contribution >= 4 is 5.97 Å². The normalized spacial score (nSPS) is 11.9. The Morgan fingerprint density at radius 2 is 1.95 bits per heavy atom. The number of carboxylic acids is 1. The van der Waals surface area contributed by atoms with Crippen molar-refractivity contribution < 1.29 is 9.90 Å². The number of benzene rings is 1.